The van der Waals surface area contributed by atoms with Crippen LogP contribution in [0.1, 0.15) is 84.8 Å². The molecular formula is C38H56HfN6-4. The first kappa shape index (κ1) is 42.4. The number of hydrogen-bond donors (Lipinski definition) is 0. The van der Waals surface area contributed by atoms with Crippen molar-refractivity contribution in [2.45, 2.75) is 66.3 Å². The Bertz CT molecular complexity index is 1320. The second kappa shape index (κ2) is 22.0. The number of aromatic nitrogens is 2. The van der Waals surface area contributed by atoms with E-state index < -0.39 is 0 Å². The number of benzene rings is 3. The molecular weight excluding hydrogens is 719 g/mol. The third-order valence-electron chi connectivity index (χ3n) is 6.84. The summed E-state index contributed by atoms with van der Waals surface area (Å²) in [6.45, 7) is 15.6. The van der Waals surface area contributed by atoms with Crippen molar-refractivity contribution in [3.05, 3.63) is 127 Å². The fourth-order valence-corrected chi connectivity index (χ4v) is 5.15. The van der Waals surface area contributed by atoms with Crippen LogP contribution in [0.15, 0.2) is 66.9 Å². The van der Waals surface area contributed by atoms with E-state index in [0.29, 0.717) is 11.8 Å². The van der Waals surface area contributed by atoms with Gasteiger partial charge in [-0.3, -0.25) is 0 Å². The standard InChI is InChI=1S/C32H38N3.3C2H6N.Hf/c1-20(2)26-15-12-16-27(21(3)4)30(26)34-31(29-23(6)17-22(5)18-24(29)7)32-33-28(19-35(32)8)25-13-10-9-11-14-25;3*1-3-2;/h9-21,31H,1-8H3;3*1-2H3;/q4*-1;. The maximum Gasteiger partial charge on any atom is 0.0984 e. The smallest absolute Gasteiger partial charge is 0.0984 e. The van der Waals surface area contributed by atoms with Gasteiger partial charge in [0.25, 0.3) is 0 Å². The van der Waals surface area contributed by atoms with Crippen LogP contribution in [0.5, 0.6) is 0 Å². The molecule has 0 aliphatic rings. The molecule has 1 aromatic heterocycles. The Kier molecular flexibility index (Phi) is 20.8. The number of hydrogen-bond acceptors (Lipinski definition) is 1. The molecule has 0 saturated heterocycles. The molecule has 0 aliphatic carbocycles. The predicted octanol–water partition coefficient (Wildman–Crippen LogP) is 10.9. The van der Waals surface area contributed by atoms with Gasteiger partial charge in [-0.2, -0.15) is 42.3 Å². The maximum atomic E-state index is 5.58. The molecule has 4 aromatic rings. The summed E-state index contributed by atoms with van der Waals surface area (Å²) in [5, 5.41) is 16.1. The summed E-state index contributed by atoms with van der Waals surface area (Å²) in [7, 11) is 12.6. The molecule has 1 unspecified atom stereocenters. The van der Waals surface area contributed by atoms with Gasteiger partial charge in [-0.1, -0.05) is 105 Å². The van der Waals surface area contributed by atoms with E-state index in [9.17, 15) is 0 Å². The normalized spacial score (nSPS) is 10.8. The SMILES string of the molecule is C[N-]C.C[N-]C.C[N-]C.Cc1cc(C)c(C([N-]c2c(C(C)C)cccc2C(C)C)c2nc(-c3ccccc3)cn2C)c(C)c1.[Hf]. The summed E-state index contributed by atoms with van der Waals surface area (Å²) in [5.74, 6) is 1.73. The van der Waals surface area contributed by atoms with E-state index in [1.165, 1.54) is 33.4 Å². The van der Waals surface area contributed by atoms with Gasteiger partial charge < -0.3 is 25.8 Å². The van der Waals surface area contributed by atoms with Gasteiger partial charge in [0, 0.05) is 44.7 Å². The van der Waals surface area contributed by atoms with Crippen molar-refractivity contribution in [2.75, 3.05) is 42.3 Å². The van der Waals surface area contributed by atoms with Gasteiger partial charge in [0.2, 0.25) is 0 Å². The summed E-state index contributed by atoms with van der Waals surface area (Å²) < 4.78 is 2.16. The molecule has 246 valence electrons. The quantitative estimate of drug-likeness (QED) is 0.172. The van der Waals surface area contributed by atoms with E-state index in [4.69, 9.17) is 10.3 Å². The van der Waals surface area contributed by atoms with Crippen molar-refractivity contribution in [3.63, 3.8) is 0 Å². The van der Waals surface area contributed by atoms with Crippen LogP contribution < -0.4 is 0 Å². The van der Waals surface area contributed by atoms with Crippen LogP contribution in [0, 0.1) is 20.8 Å². The molecule has 0 N–H and O–H groups in total. The topological polar surface area (TPSA) is 74.2 Å². The van der Waals surface area contributed by atoms with E-state index in [1.54, 1.807) is 42.3 Å². The van der Waals surface area contributed by atoms with Gasteiger partial charge in [0.1, 0.15) is 0 Å². The molecule has 0 radical (unpaired) electrons. The van der Waals surface area contributed by atoms with Gasteiger partial charge >= 0.3 is 0 Å². The van der Waals surface area contributed by atoms with Gasteiger partial charge in [-0.05, 0) is 55.3 Å². The molecule has 45 heavy (non-hydrogen) atoms. The predicted molar refractivity (Wildman–Crippen MR) is 194 cm³/mol. The molecule has 6 nitrogen and oxygen atoms in total. The summed E-state index contributed by atoms with van der Waals surface area (Å²) >= 11 is 0. The number of rotatable bonds is 7. The molecule has 3 aromatic carbocycles. The van der Waals surface area contributed by atoms with Crippen LogP contribution in [0.4, 0.5) is 5.69 Å². The first-order chi connectivity index (χ1) is 20.9. The van der Waals surface area contributed by atoms with Crippen molar-refractivity contribution in [1.29, 1.82) is 0 Å². The summed E-state index contributed by atoms with van der Waals surface area (Å²) in [6, 6.07) is 21.4. The molecule has 7 heteroatoms. The van der Waals surface area contributed by atoms with E-state index in [1.807, 2.05) is 6.07 Å². The fourth-order valence-electron chi connectivity index (χ4n) is 5.15. The molecule has 0 amide bonds. The molecule has 0 fully saturated rings. The second-order valence-corrected chi connectivity index (χ2v) is 11.7. The summed E-state index contributed by atoms with van der Waals surface area (Å²) in [5.41, 5.74) is 10.8. The molecule has 1 atom stereocenters. The van der Waals surface area contributed by atoms with Crippen molar-refractivity contribution in [1.82, 2.24) is 9.55 Å². The van der Waals surface area contributed by atoms with E-state index in [2.05, 4.69) is 137 Å². The largest absolute Gasteiger partial charge is 0.671 e. The Morgan fingerprint density at radius 3 is 1.53 bits per heavy atom. The Morgan fingerprint density at radius 1 is 0.667 bits per heavy atom. The Hall–Kier alpha value is -2.58. The molecule has 0 bridgehead atoms. The minimum Gasteiger partial charge on any atom is -0.671 e. The van der Waals surface area contributed by atoms with Gasteiger partial charge in [-0.25, -0.2) is 4.98 Å². The average Bonchev–Trinajstić information content (AvgIpc) is 3.35. The van der Waals surface area contributed by atoms with Crippen LogP contribution >= 0.6 is 0 Å². The second-order valence-electron chi connectivity index (χ2n) is 11.7. The molecule has 0 saturated carbocycles. The zero-order chi connectivity index (χ0) is 33.4. The van der Waals surface area contributed by atoms with Crippen LogP contribution in [-0.2, 0) is 32.9 Å². The fraction of sp³-hybridized carbons (Fsp3) is 0.447. The molecule has 1 heterocycles. The Morgan fingerprint density at radius 2 is 1.11 bits per heavy atom. The first-order valence-corrected chi connectivity index (χ1v) is 15.4. The van der Waals surface area contributed by atoms with Crippen molar-refractivity contribution < 1.29 is 25.8 Å². The molecule has 4 rings (SSSR count). The van der Waals surface area contributed by atoms with E-state index in [-0.39, 0.29) is 31.9 Å². The number of nitrogens with zero attached hydrogens (tertiary/aromatic N) is 6. The van der Waals surface area contributed by atoms with Gasteiger partial charge in [0.05, 0.1) is 11.5 Å². The van der Waals surface area contributed by atoms with Crippen molar-refractivity contribution >= 4 is 5.69 Å². The van der Waals surface area contributed by atoms with Crippen molar-refractivity contribution in [2.24, 2.45) is 7.05 Å². The third-order valence-corrected chi connectivity index (χ3v) is 6.84. The number of aryl methyl sites for hydroxylation is 4. The van der Waals surface area contributed by atoms with E-state index >= 15 is 0 Å². The average molecular weight is 775 g/mol. The third kappa shape index (κ3) is 12.6. The van der Waals surface area contributed by atoms with Crippen LogP contribution in [0.2, 0.25) is 0 Å². The van der Waals surface area contributed by atoms with Crippen LogP contribution in [0.3, 0.4) is 0 Å². The maximum absolute atomic E-state index is 5.58. The monoisotopic (exact) mass is 776 g/mol. The van der Waals surface area contributed by atoms with Gasteiger partial charge in [-0.15, -0.1) is 5.69 Å². The van der Waals surface area contributed by atoms with Crippen LogP contribution in [0.25, 0.3) is 32.5 Å². The van der Waals surface area contributed by atoms with Crippen LogP contribution in [-0.4, -0.2) is 51.8 Å². The zero-order valence-corrected chi connectivity index (χ0v) is 33.9. The summed E-state index contributed by atoms with van der Waals surface area (Å²) in [4.78, 5) is 5.18. The van der Waals surface area contributed by atoms with Crippen molar-refractivity contribution in [3.8, 4) is 11.3 Å². The zero-order valence-electron chi connectivity index (χ0n) is 30.3. The van der Waals surface area contributed by atoms with E-state index in [0.717, 1.165) is 22.8 Å². The molecule has 0 spiro atoms. The summed E-state index contributed by atoms with van der Waals surface area (Å²) in [6.07, 6.45) is 2.13. The first-order valence-electron chi connectivity index (χ1n) is 15.4. The number of imidazole rings is 1. The molecule has 0 aliphatic heterocycles. The Labute approximate surface area is 294 Å². The minimum absolute atomic E-state index is 0. The number of para-hydroxylation sites is 1. The Balaban J connectivity index is 0.00000173. The van der Waals surface area contributed by atoms with Gasteiger partial charge in [0.15, 0.2) is 0 Å². The minimum atomic E-state index is -0.199.